The van der Waals surface area contributed by atoms with Crippen LogP contribution < -0.4 is 4.90 Å². The number of carbonyl (C=O) groups excluding carboxylic acids is 1. The van der Waals surface area contributed by atoms with Gasteiger partial charge in [-0.25, -0.2) is 15.0 Å². The van der Waals surface area contributed by atoms with Crippen molar-refractivity contribution in [3.05, 3.63) is 65.4 Å². The Kier molecular flexibility index (Phi) is 5.45. The molecule has 3 aromatic rings. The Morgan fingerprint density at radius 2 is 1.65 bits per heavy atom. The molecule has 2 saturated heterocycles. The zero-order valence-corrected chi connectivity index (χ0v) is 18.8. The summed E-state index contributed by atoms with van der Waals surface area (Å²) in [7, 11) is 0. The molecule has 10 heteroatoms. The number of carbonyl (C=O) groups is 1. The van der Waals surface area contributed by atoms with E-state index in [2.05, 4.69) is 19.9 Å². The van der Waals surface area contributed by atoms with Crippen molar-refractivity contribution in [2.45, 2.75) is 20.0 Å². The summed E-state index contributed by atoms with van der Waals surface area (Å²) in [6, 6.07) is 7.58. The number of pyridine rings is 2. The summed E-state index contributed by atoms with van der Waals surface area (Å²) in [5.74, 6) is 0.545. The third-order valence-electron chi connectivity index (χ3n) is 6.52. The lowest BCUT2D eigenvalue weighted by Gasteiger charge is -2.22. The first-order chi connectivity index (χ1) is 16.2. The van der Waals surface area contributed by atoms with E-state index in [1.807, 2.05) is 47.9 Å². The van der Waals surface area contributed by atoms with Crippen molar-refractivity contribution in [2.24, 2.45) is 11.8 Å². The van der Waals surface area contributed by atoms with Crippen molar-refractivity contribution in [3.63, 3.8) is 0 Å². The first-order valence-corrected chi connectivity index (χ1v) is 11.0. The van der Waals surface area contributed by atoms with Gasteiger partial charge in [-0.2, -0.15) is 13.2 Å². The Morgan fingerprint density at radius 1 is 0.971 bits per heavy atom. The lowest BCUT2D eigenvalue weighted by Crippen LogP contribution is -2.34. The maximum atomic E-state index is 13.5. The Morgan fingerprint density at radius 3 is 2.26 bits per heavy atom. The molecular weight excluding hydrogens is 445 g/mol. The molecule has 1 amide bonds. The summed E-state index contributed by atoms with van der Waals surface area (Å²) in [5, 5.41) is 0. The summed E-state index contributed by atoms with van der Waals surface area (Å²) >= 11 is 0. The molecule has 2 aliphatic rings. The molecule has 3 aromatic heterocycles. The summed E-state index contributed by atoms with van der Waals surface area (Å²) in [6.07, 6.45) is -1.13. The number of halogens is 3. The highest BCUT2D eigenvalue weighted by Crippen LogP contribution is 2.35. The number of amides is 1. The van der Waals surface area contributed by atoms with Crippen LogP contribution in [-0.4, -0.2) is 56.9 Å². The van der Waals surface area contributed by atoms with Crippen LogP contribution in [0, 0.1) is 25.7 Å². The third-order valence-corrected chi connectivity index (χ3v) is 6.52. The van der Waals surface area contributed by atoms with Gasteiger partial charge in [0.2, 0.25) is 5.95 Å². The minimum atomic E-state index is -4.46. The summed E-state index contributed by atoms with van der Waals surface area (Å²) in [5.41, 5.74) is 2.70. The Hall–Kier alpha value is -3.56. The van der Waals surface area contributed by atoms with Gasteiger partial charge in [-0.15, -0.1) is 0 Å². The van der Waals surface area contributed by atoms with Crippen LogP contribution in [0.4, 0.5) is 19.1 Å². The molecule has 5 heterocycles. The number of hydrogen-bond acceptors (Lipinski definition) is 6. The second-order valence-corrected chi connectivity index (χ2v) is 8.92. The van der Waals surface area contributed by atoms with Gasteiger partial charge >= 0.3 is 6.18 Å². The first-order valence-electron chi connectivity index (χ1n) is 11.0. The van der Waals surface area contributed by atoms with Gasteiger partial charge in [-0.05, 0) is 37.6 Å². The van der Waals surface area contributed by atoms with E-state index < -0.39 is 11.7 Å². The number of fused-ring (bicyclic) bond motifs is 1. The van der Waals surface area contributed by atoms with Crippen molar-refractivity contribution >= 4 is 11.9 Å². The highest BCUT2D eigenvalue weighted by atomic mass is 19.4. The molecule has 0 bridgehead atoms. The van der Waals surface area contributed by atoms with Gasteiger partial charge in [-0.3, -0.25) is 9.78 Å². The molecule has 5 rings (SSSR count). The molecular formula is C24H23F3N6O. The number of alkyl halides is 3. The van der Waals surface area contributed by atoms with Crippen LogP contribution in [0.5, 0.6) is 0 Å². The van der Waals surface area contributed by atoms with E-state index in [1.54, 1.807) is 6.20 Å². The minimum Gasteiger partial charge on any atom is -0.340 e. The van der Waals surface area contributed by atoms with E-state index in [0.29, 0.717) is 37.4 Å². The summed E-state index contributed by atoms with van der Waals surface area (Å²) in [6.45, 7) is 6.09. The molecule has 0 radical (unpaired) electrons. The van der Waals surface area contributed by atoms with Crippen LogP contribution in [0.3, 0.4) is 0 Å². The maximum absolute atomic E-state index is 13.5. The third kappa shape index (κ3) is 4.08. The van der Waals surface area contributed by atoms with Crippen molar-refractivity contribution in [2.75, 3.05) is 31.1 Å². The number of aryl methyl sites for hydroxylation is 2. The molecule has 0 aliphatic carbocycles. The van der Waals surface area contributed by atoms with Crippen LogP contribution in [0.2, 0.25) is 0 Å². The molecule has 2 aliphatic heterocycles. The highest BCUT2D eigenvalue weighted by Gasteiger charge is 2.43. The topological polar surface area (TPSA) is 75.1 Å². The fourth-order valence-electron chi connectivity index (χ4n) is 4.78. The normalized spacial score (nSPS) is 20.0. The van der Waals surface area contributed by atoms with Gasteiger partial charge in [0.15, 0.2) is 0 Å². The van der Waals surface area contributed by atoms with Crippen LogP contribution in [-0.2, 0) is 6.18 Å². The van der Waals surface area contributed by atoms with E-state index >= 15 is 0 Å². The lowest BCUT2D eigenvalue weighted by atomic mass is 10.0. The SMILES string of the molecule is Cc1ccc(-c2ncccc2C)c(C(=O)N2CC3CN(c4ncc(C(F)(F)F)cn4)CC3C2)n1. The maximum Gasteiger partial charge on any atom is 0.419 e. The van der Waals surface area contributed by atoms with Gasteiger partial charge < -0.3 is 9.80 Å². The Balaban J connectivity index is 1.32. The average Bonchev–Trinajstić information content (AvgIpc) is 3.38. The molecule has 7 nitrogen and oxygen atoms in total. The zero-order chi connectivity index (χ0) is 24.0. The first kappa shape index (κ1) is 22.2. The predicted molar refractivity (Wildman–Crippen MR) is 119 cm³/mol. The predicted octanol–water partition coefficient (Wildman–Crippen LogP) is 3.78. The fraction of sp³-hybridized carbons (Fsp3) is 0.375. The second kappa shape index (κ2) is 8.34. The molecule has 34 heavy (non-hydrogen) atoms. The molecule has 2 atom stereocenters. The molecule has 0 spiro atoms. The van der Waals surface area contributed by atoms with Crippen LogP contribution in [0.15, 0.2) is 42.9 Å². The fourth-order valence-corrected chi connectivity index (χ4v) is 4.78. The quantitative estimate of drug-likeness (QED) is 0.583. The van der Waals surface area contributed by atoms with Gasteiger partial charge in [0.25, 0.3) is 5.91 Å². The number of anilines is 1. The number of nitrogens with zero attached hydrogens (tertiary/aromatic N) is 6. The van der Waals surface area contributed by atoms with Crippen molar-refractivity contribution in [3.8, 4) is 11.3 Å². The van der Waals surface area contributed by atoms with E-state index in [1.165, 1.54) is 0 Å². The number of aromatic nitrogens is 4. The van der Waals surface area contributed by atoms with Crippen LogP contribution >= 0.6 is 0 Å². The Labute approximate surface area is 194 Å². The Bertz CT molecular complexity index is 1220. The van der Waals surface area contributed by atoms with Gasteiger partial charge in [0.1, 0.15) is 5.69 Å². The van der Waals surface area contributed by atoms with E-state index in [4.69, 9.17) is 0 Å². The van der Waals surface area contributed by atoms with Crippen molar-refractivity contribution in [1.82, 2.24) is 24.8 Å². The van der Waals surface area contributed by atoms with Gasteiger partial charge in [0, 0.05) is 67.9 Å². The number of hydrogen-bond donors (Lipinski definition) is 0. The average molecular weight is 468 g/mol. The lowest BCUT2D eigenvalue weighted by molar-refractivity contribution is -0.138. The molecule has 176 valence electrons. The molecule has 0 N–H and O–H groups in total. The molecule has 0 aromatic carbocycles. The van der Waals surface area contributed by atoms with Crippen molar-refractivity contribution in [1.29, 1.82) is 0 Å². The van der Waals surface area contributed by atoms with Crippen LogP contribution in [0.25, 0.3) is 11.3 Å². The zero-order valence-electron chi connectivity index (χ0n) is 18.8. The van der Waals surface area contributed by atoms with E-state index in [0.717, 1.165) is 29.3 Å². The van der Waals surface area contributed by atoms with Crippen molar-refractivity contribution < 1.29 is 18.0 Å². The van der Waals surface area contributed by atoms with Gasteiger partial charge in [-0.1, -0.05) is 6.07 Å². The monoisotopic (exact) mass is 468 g/mol. The van der Waals surface area contributed by atoms with Gasteiger partial charge in [0.05, 0.1) is 11.3 Å². The highest BCUT2D eigenvalue weighted by molar-refractivity contribution is 5.99. The largest absolute Gasteiger partial charge is 0.419 e. The molecule has 2 fully saturated rings. The summed E-state index contributed by atoms with van der Waals surface area (Å²) in [4.78, 5) is 34.1. The molecule has 0 saturated carbocycles. The summed E-state index contributed by atoms with van der Waals surface area (Å²) < 4.78 is 38.4. The van der Waals surface area contributed by atoms with Crippen LogP contribution in [0.1, 0.15) is 27.3 Å². The number of rotatable bonds is 3. The minimum absolute atomic E-state index is 0.129. The standard InChI is InChI=1S/C24H23F3N6O/c1-14-4-3-7-28-20(14)19-6-5-15(2)31-21(19)22(34)32-10-16-12-33(13-17(16)11-32)23-29-8-18(9-30-23)24(25,26)27/h3-9,16-17H,10-13H2,1-2H3. The number of likely N-dealkylation sites (tertiary alicyclic amines) is 1. The molecule has 2 unspecified atom stereocenters. The second-order valence-electron chi connectivity index (χ2n) is 8.92. The van der Waals surface area contributed by atoms with E-state index in [9.17, 15) is 18.0 Å². The smallest absolute Gasteiger partial charge is 0.340 e. The van der Waals surface area contributed by atoms with E-state index in [-0.39, 0.29) is 23.7 Å².